The second-order valence-corrected chi connectivity index (χ2v) is 8.41. The molecule has 9 heteroatoms. The number of aliphatic hydroxyl groups excluding tert-OH is 1. The molecule has 1 fully saturated rings. The predicted octanol–water partition coefficient (Wildman–Crippen LogP) is 2.23. The highest BCUT2D eigenvalue weighted by Crippen LogP contribution is 2.28. The van der Waals surface area contributed by atoms with Crippen LogP contribution in [0.15, 0.2) is 54.9 Å². The van der Waals surface area contributed by atoms with Crippen molar-refractivity contribution in [2.45, 2.75) is 6.54 Å². The van der Waals surface area contributed by atoms with Gasteiger partial charge in [0.1, 0.15) is 11.6 Å². The third-order valence-electron chi connectivity index (χ3n) is 6.25. The van der Waals surface area contributed by atoms with Crippen LogP contribution in [-0.4, -0.2) is 87.0 Å². The lowest BCUT2D eigenvalue weighted by molar-refractivity contribution is 0.0615. The second kappa shape index (κ2) is 9.66. The molecule has 34 heavy (non-hydrogen) atoms. The number of imidazole rings is 1. The number of nitrogens with zero attached hydrogens (tertiary/aromatic N) is 5. The number of β-amino-alcohol motifs (C(OH)–C–C–N with tert-alkyl or cyclic N) is 1. The summed E-state index contributed by atoms with van der Waals surface area (Å²) in [5.41, 5.74) is 4.22. The molecule has 4 aromatic rings. The normalized spacial score (nSPS) is 14.6. The van der Waals surface area contributed by atoms with Crippen molar-refractivity contribution in [3.05, 3.63) is 66.0 Å². The van der Waals surface area contributed by atoms with Crippen molar-refractivity contribution < 1.29 is 14.6 Å². The Morgan fingerprint density at radius 2 is 2.00 bits per heavy atom. The van der Waals surface area contributed by atoms with Crippen molar-refractivity contribution in [2.75, 3.05) is 46.4 Å². The van der Waals surface area contributed by atoms with Gasteiger partial charge in [-0.2, -0.15) is 5.10 Å². The number of rotatable bonds is 7. The van der Waals surface area contributed by atoms with E-state index in [0.29, 0.717) is 31.7 Å². The van der Waals surface area contributed by atoms with E-state index in [9.17, 15) is 4.79 Å². The highest BCUT2D eigenvalue weighted by Gasteiger charge is 2.22. The molecule has 5 rings (SSSR count). The number of aliphatic hydroxyl groups is 1. The number of hydrogen-bond acceptors (Lipinski definition) is 6. The fraction of sp³-hybridized carbons (Fsp3) is 0.320. The van der Waals surface area contributed by atoms with E-state index >= 15 is 0 Å². The lowest BCUT2D eigenvalue weighted by Gasteiger charge is -2.34. The summed E-state index contributed by atoms with van der Waals surface area (Å²) in [6, 6.07) is 13.5. The Hall–Kier alpha value is -3.69. The minimum atomic E-state index is 0.0210. The molecule has 2 N–H and O–H groups in total. The zero-order valence-corrected chi connectivity index (χ0v) is 19.1. The lowest BCUT2D eigenvalue weighted by atomic mass is 10.1. The maximum absolute atomic E-state index is 13.1. The molecule has 2 aromatic heterocycles. The third-order valence-corrected chi connectivity index (χ3v) is 6.25. The van der Waals surface area contributed by atoms with Crippen LogP contribution in [-0.2, 0) is 6.54 Å². The molecule has 1 saturated heterocycles. The van der Waals surface area contributed by atoms with E-state index < -0.39 is 0 Å². The quantitative estimate of drug-likeness (QED) is 0.439. The number of nitrogens with one attached hydrogen (secondary N) is 1. The fourth-order valence-corrected chi connectivity index (χ4v) is 4.40. The molecular weight excluding hydrogens is 432 g/mol. The van der Waals surface area contributed by atoms with Crippen molar-refractivity contribution in [1.82, 2.24) is 29.5 Å². The number of piperazine rings is 1. The predicted molar refractivity (Wildman–Crippen MR) is 129 cm³/mol. The Bertz CT molecular complexity index is 1280. The molecule has 0 saturated carbocycles. The highest BCUT2D eigenvalue weighted by molar-refractivity contribution is 5.97. The molecule has 9 nitrogen and oxygen atoms in total. The molecule has 0 atom stereocenters. The fourth-order valence-electron chi connectivity index (χ4n) is 4.40. The number of ether oxygens (including phenoxy) is 1. The average Bonchev–Trinajstić information content (AvgIpc) is 3.53. The first-order chi connectivity index (χ1) is 16.6. The molecule has 0 radical (unpaired) electrons. The van der Waals surface area contributed by atoms with Crippen LogP contribution >= 0.6 is 0 Å². The first kappa shape index (κ1) is 22.1. The van der Waals surface area contributed by atoms with Crippen LogP contribution in [0.5, 0.6) is 5.75 Å². The summed E-state index contributed by atoms with van der Waals surface area (Å²) in [6.45, 7) is 4.27. The summed E-state index contributed by atoms with van der Waals surface area (Å²) in [7, 11) is 1.66. The van der Waals surface area contributed by atoms with Gasteiger partial charge in [0, 0.05) is 61.8 Å². The largest absolute Gasteiger partial charge is 0.496 e. The number of H-pyrrole nitrogens is 1. The standard InChI is InChI=1S/C25H28N6O3/c1-34-23-6-4-18(15-20(23)17-31-8-2-7-26-31)24-27-21-5-3-19(16-22(21)28-24)25(33)30-11-9-29(10-12-30)13-14-32/h2-8,15-16,32H,9-14,17H2,1H3,(H,27,28). The van der Waals surface area contributed by atoms with Crippen LogP contribution in [0.25, 0.3) is 22.4 Å². The van der Waals surface area contributed by atoms with Gasteiger partial charge in [0.25, 0.3) is 5.91 Å². The van der Waals surface area contributed by atoms with Crippen LogP contribution in [0, 0.1) is 0 Å². The summed E-state index contributed by atoms with van der Waals surface area (Å²) in [5, 5.41) is 13.4. The van der Waals surface area contributed by atoms with Gasteiger partial charge in [0.05, 0.1) is 31.3 Å². The third kappa shape index (κ3) is 4.52. The zero-order chi connectivity index (χ0) is 23.5. The van der Waals surface area contributed by atoms with Crippen LogP contribution in [0.1, 0.15) is 15.9 Å². The Balaban J connectivity index is 1.37. The van der Waals surface area contributed by atoms with Crippen molar-refractivity contribution in [2.24, 2.45) is 0 Å². The SMILES string of the molecule is COc1ccc(-c2nc3ccc(C(=O)N4CCN(CCO)CC4)cc3[nH]2)cc1Cn1cccn1. The number of carbonyl (C=O) groups excluding carboxylic acids is 1. The minimum Gasteiger partial charge on any atom is -0.496 e. The van der Waals surface area contributed by atoms with Crippen molar-refractivity contribution in [3.8, 4) is 17.1 Å². The van der Waals surface area contributed by atoms with Crippen molar-refractivity contribution >= 4 is 16.9 Å². The highest BCUT2D eigenvalue weighted by atomic mass is 16.5. The van der Waals surface area contributed by atoms with Crippen LogP contribution < -0.4 is 4.74 Å². The number of benzene rings is 2. The van der Waals surface area contributed by atoms with E-state index in [2.05, 4.69) is 21.0 Å². The molecule has 0 bridgehead atoms. The number of hydrogen-bond donors (Lipinski definition) is 2. The van der Waals surface area contributed by atoms with Gasteiger partial charge in [-0.15, -0.1) is 0 Å². The average molecular weight is 461 g/mol. The van der Waals surface area contributed by atoms with Gasteiger partial charge in [-0.1, -0.05) is 0 Å². The molecule has 3 heterocycles. The summed E-state index contributed by atoms with van der Waals surface area (Å²) >= 11 is 0. The van der Waals surface area contributed by atoms with E-state index in [4.69, 9.17) is 14.8 Å². The lowest BCUT2D eigenvalue weighted by Crippen LogP contribution is -2.49. The van der Waals surface area contributed by atoms with E-state index in [0.717, 1.165) is 46.8 Å². The maximum atomic E-state index is 13.1. The summed E-state index contributed by atoms with van der Waals surface area (Å²) in [6.07, 6.45) is 3.67. The number of carbonyl (C=O) groups is 1. The van der Waals surface area contributed by atoms with Crippen LogP contribution in [0.4, 0.5) is 0 Å². The van der Waals surface area contributed by atoms with Crippen LogP contribution in [0.2, 0.25) is 0 Å². The van der Waals surface area contributed by atoms with Crippen LogP contribution in [0.3, 0.4) is 0 Å². The monoisotopic (exact) mass is 460 g/mol. The summed E-state index contributed by atoms with van der Waals surface area (Å²) < 4.78 is 7.38. The van der Waals surface area contributed by atoms with Gasteiger partial charge in [-0.3, -0.25) is 14.4 Å². The maximum Gasteiger partial charge on any atom is 0.254 e. The Labute approximate surface area is 197 Å². The van der Waals surface area contributed by atoms with Crippen molar-refractivity contribution in [3.63, 3.8) is 0 Å². The van der Waals surface area contributed by atoms with E-state index in [1.807, 2.05) is 52.2 Å². The molecule has 0 aliphatic carbocycles. The molecule has 1 aliphatic rings. The first-order valence-corrected chi connectivity index (χ1v) is 11.4. The van der Waals surface area contributed by atoms with E-state index in [-0.39, 0.29) is 12.5 Å². The smallest absolute Gasteiger partial charge is 0.254 e. The Morgan fingerprint density at radius 1 is 1.15 bits per heavy atom. The number of methoxy groups -OCH3 is 1. The second-order valence-electron chi connectivity index (χ2n) is 8.41. The molecular formula is C25H28N6O3. The summed E-state index contributed by atoms with van der Waals surface area (Å²) in [5.74, 6) is 1.55. The summed E-state index contributed by atoms with van der Waals surface area (Å²) in [4.78, 5) is 25.2. The van der Waals surface area contributed by atoms with Gasteiger partial charge >= 0.3 is 0 Å². The number of fused-ring (bicyclic) bond motifs is 1. The molecule has 1 amide bonds. The molecule has 176 valence electrons. The minimum absolute atomic E-state index is 0.0210. The Morgan fingerprint density at radius 3 is 2.74 bits per heavy atom. The Kier molecular flexibility index (Phi) is 6.29. The van der Waals surface area contributed by atoms with Gasteiger partial charge in [0.15, 0.2) is 0 Å². The van der Waals surface area contributed by atoms with Gasteiger partial charge < -0.3 is 19.7 Å². The zero-order valence-electron chi connectivity index (χ0n) is 19.1. The van der Waals surface area contributed by atoms with Gasteiger partial charge in [-0.25, -0.2) is 4.98 Å². The molecule has 0 unspecified atom stereocenters. The topological polar surface area (TPSA) is 99.5 Å². The number of aromatic nitrogens is 4. The molecule has 1 aliphatic heterocycles. The number of aromatic amines is 1. The van der Waals surface area contributed by atoms with Gasteiger partial charge in [0.2, 0.25) is 0 Å². The van der Waals surface area contributed by atoms with E-state index in [1.54, 1.807) is 13.3 Å². The molecule has 2 aromatic carbocycles. The molecule has 0 spiro atoms. The van der Waals surface area contributed by atoms with Crippen molar-refractivity contribution in [1.29, 1.82) is 0 Å². The number of amides is 1. The van der Waals surface area contributed by atoms with E-state index in [1.165, 1.54) is 0 Å². The first-order valence-electron chi connectivity index (χ1n) is 11.4. The van der Waals surface area contributed by atoms with Gasteiger partial charge in [-0.05, 0) is 42.5 Å².